The Hall–Kier alpha value is -0.410. The number of halogens is 2. The number of nitrogens with zero attached hydrogens (tertiary/aromatic N) is 1. The first-order valence-corrected chi connectivity index (χ1v) is 9.89. The number of hydrogen-bond donors (Lipinski definition) is 1. The Bertz CT molecular complexity index is 706. The minimum atomic E-state index is -3.49. The van der Waals surface area contributed by atoms with Gasteiger partial charge in [-0.05, 0) is 55.6 Å². The molecule has 21 heavy (non-hydrogen) atoms. The second-order valence-electron chi connectivity index (χ2n) is 4.57. The maximum Gasteiger partial charge on any atom is 0.250 e. The normalized spacial score (nSPS) is 11.6. The average molecular weight is 454 g/mol. The fourth-order valence-corrected chi connectivity index (χ4v) is 5.50. The Kier molecular flexibility index (Phi) is 5.48. The van der Waals surface area contributed by atoms with E-state index in [0.717, 1.165) is 19.5 Å². The van der Waals surface area contributed by atoms with Crippen LogP contribution in [0.1, 0.15) is 5.56 Å². The molecule has 0 saturated heterocycles. The highest BCUT2D eigenvalue weighted by molar-refractivity contribution is 9.13. The third-order valence-corrected chi connectivity index (χ3v) is 7.94. The van der Waals surface area contributed by atoms with Crippen molar-refractivity contribution in [2.24, 2.45) is 0 Å². The smallest absolute Gasteiger partial charge is 0.250 e. The number of rotatable bonds is 5. The van der Waals surface area contributed by atoms with Crippen LogP contribution in [-0.2, 0) is 16.6 Å². The zero-order chi connectivity index (χ0) is 15.6. The fourth-order valence-electron chi connectivity index (χ4n) is 1.62. The van der Waals surface area contributed by atoms with Gasteiger partial charge in [0.05, 0.1) is 3.79 Å². The summed E-state index contributed by atoms with van der Waals surface area (Å²) in [6, 6.07) is 9.34. The Labute approximate surface area is 145 Å². The molecule has 4 nitrogen and oxygen atoms in total. The molecule has 0 fully saturated rings. The summed E-state index contributed by atoms with van der Waals surface area (Å²) in [5.74, 6) is 0. The highest BCUT2D eigenvalue weighted by Gasteiger charge is 2.18. The molecule has 2 aromatic rings. The quantitative estimate of drug-likeness (QED) is 0.748. The highest BCUT2D eigenvalue weighted by atomic mass is 79.9. The van der Waals surface area contributed by atoms with Crippen molar-refractivity contribution in [2.45, 2.75) is 10.8 Å². The van der Waals surface area contributed by atoms with E-state index in [1.54, 1.807) is 6.07 Å². The van der Waals surface area contributed by atoms with Crippen LogP contribution < -0.4 is 9.62 Å². The highest BCUT2D eigenvalue weighted by Crippen LogP contribution is 2.34. The summed E-state index contributed by atoms with van der Waals surface area (Å²) in [7, 11) is 0.437. The number of hydrogen-bond acceptors (Lipinski definition) is 4. The van der Waals surface area contributed by atoms with Gasteiger partial charge in [-0.2, -0.15) is 0 Å². The Morgan fingerprint density at radius 1 is 1.19 bits per heavy atom. The second kappa shape index (κ2) is 6.78. The molecule has 0 aliphatic rings. The van der Waals surface area contributed by atoms with Crippen molar-refractivity contribution < 1.29 is 8.42 Å². The van der Waals surface area contributed by atoms with Crippen LogP contribution in [0.2, 0.25) is 0 Å². The minimum absolute atomic E-state index is 0.267. The van der Waals surface area contributed by atoms with Crippen LogP contribution in [0.25, 0.3) is 0 Å². The molecule has 1 heterocycles. The largest absolute Gasteiger partial charge is 0.378 e. The summed E-state index contributed by atoms with van der Waals surface area (Å²) in [6.45, 7) is 0.267. The van der Waals surface area contributed by atoms with Crippen molar-refractivity contribution in [2.75, 3.05) is 19.0 Å². The van der Waals surface area contributed by atoms with E-state index >= 15 is 0 Å². The van der Waals surface area contributed by atoms with Crippen molar-refractivity contribution in [3.63, 3.8) is 0 Å². The van der Waals surface area contributed by atoms with E-state index in [0.29, 0.717) is 0 Å². The molecular formula is C13H14Br2N2O2S2. The van der Waals surface area contributed by atoms with Gasteiger partial charge < -0.3 is 4.90 Å². The van der Waals surface area contributed by atoms with Gasteiger partial charge in [0.2, 0.25) is 10.0 Å². The molecule has 0 bridgehead atoms. The lowest BCUT2D eigenvalue weighted by Gasteiger charge is -2.12. The van der Waals surface area contributed by atoms with Crippen molar-refractivity contribution in [1.82, 2.24) is 4.72 Å². The van der Waals surface area contributed by atoms with Gasteiger partial charge in [0.15, 0.2) is 0 Å². The molecular weight excluding hydrogens is 440 g/mol. The lowest BCUT2D eigenvalue weighted by Crippen LogP contribution is -2.22. The molecule has 1 aromatic heterocycles. The van der Waals surface area contributed by atoms with Crippen LogP contribution in [-0.4, -0.2) is 22.5 Å². The Balaban J connectivity index is 2.08. The first-order chi connectivity index (χ1) is 9.79. The van der Waals surface area contributed by atoms with Crippen LogP contribution in [0, 0.1) is 0 Å². The van der Waals surface area contributed by atoms with E-state index in [2.05, 4.69) is 36.6 Å². The van der Waals surface area contributed by atoms with Crippen LogP contribution in [0.15, 0.2) is 42.8 Å². The zero-order valence-corrected chi connectivity index (χ0v) is 16.2. The van der Waals surface area contributed by atoms with Gasteiger partial charge in [0, 0.05) is 30.8 Å². The van der Waals surface area contributed by atoms with Crippen LogP contribution >= 0.6 is 43.2 Å². The monoisotopic (exact) mass is 452 g/mol. The Morgan fingerprint density at radius 3 is 2.29 bits per heavy atom. The van der Waals surface area contributed by atoms with Gasteiger partial charge in [0.1, 0.15) is 4.21 Å². The molecule has 0 aliphatic heterocycles. The molecule has 1 N–H and O–H groups in total. The zero-order valence-electron chi connectivity index (χ0n) is 11.4. The van der Waals surface area contributed by atoms with Crippen molar-refractivity contribution >= 4 is 58.9 Å². The second-order valence-corrected chi connectivity index (χ2v) is 9.79. The Morgan fingerprint density at radius 2 is 1.81 bits per heavy atom. The number of nitrogens with one attached hydrogen (secondary N) is 1. The van der Waals surface area contributed by atoms with E-state index in [1.807, 2.05) is 43.3 Å². The maximum atomic E-state index is 12.2. The average Bonchev–Trinajstić information content (AvgIpc) is 2.78. The number of thiophene rings is 1. The van der Waals surface area contributed by atoms with Gasteiger partial charge in [-0.3, -0.25) is 0 Å². The van der Waals surface area contributed by atoms with Gasteiger partial charge in [-0.15, -0.1) is 11.3 Å². The minimum Gasteiger partial charge on any atom is -0.378 e. The predicted molar refractivity (Wildman–Crippen MR) is 94.5 cm³/mol. The summed E-state index contributed by atoms with van der Waals surface area (Å²) >= 11 is 7.77. The molecule has 0 spiro atoms. The number of benzene rings is 1. The summed E-state index contributed by atoms with van der Waals surface area (Å²) in [6.07, 6.45) is 0. The molecule has 0 radical (unpaired) electrons. The number of anilines is 1. The van der Waals surface area contributed by atoms with E-state index in [9.17, 15) is 8.42 Å². The molecule has 0 unspecified atom stereocenters. The van der Waals surface area contributed by atoms with E-state index in [-0.39, 0.29) is 10.8 Å². The molecule has 0 atom stereocenters. The fraction of sp³-hybridized carbons (Fsp3) is 0.231. The molecule has 8 heteroatoms. The lowest BCUT2D eigenvalue weighted by molar-refractivity contribution is 0.583. The SMILES string of the molecule is CN(C)c1ccc(CNS(=O)(=O)c2cc(Br)c(Br)s2)cc1. The maximum absolute atomic E-state index is 12.2. The third kappa shape index (κ3) is 4.29. The molecule has 0 saturated carbocycles. The van der Waals surface area contributed by atoms with E-state index < -0.39 is 10.0 Å². The van der Waals surface area contributed by atoms with E-state index in [1.165, 1.54) is 11.3 Å². The summed E-state index contributed by atoms with van der Waals surface area (Å²) in [5.41, 5.74) is 1.99. The van der Waals surface area contributed by atoms with Crippen LogP contribution in [0.5, 0.6) is 0 Å². The predicted octanol–water partition coefficient (Wildman–Crippen LogP) is 3.82. The van der Waals surface area contributed by atoms with Gasteiger partial charge >= 0.3 is 0 Å². The van der Waals surface area contributed by atoms with Crippen LogP contribution in [0.4, 0.5) is 5.69 Å². The first kappa shape index (κ1) is 17.0. The lowest BCUT2D eigenvalue weighted by atomic mass is 10.2. The van der Waals surface area contributed by atoms with E-state index in [4.69, 9.17) is 0 Å². The number of sulfonamides is 1. The standard InChI is InChI=1S/C13H14Br2N2O2S2/c1-17(2)10-5-3-9(4-6-10)8-16-21(18,19)12-7-11(14)13(15)20-12/h3-7,16H,8H2,1-2H3. The van der Waals surface area contributed by atoms with Crippen LogP contribution in [0.3, 0.4) is 0 Å². The van der Waals surface area contributed by atoms with Crippen molar-refractivity contribution in [3.05, 3.63) is 44.2 Å². The molecule has 0 aliphatic carbocycles. The first-order valence-electron chi connectivity index (χ1n) is 6.00. The molecule has 1 aromatic carbocycles. The molecule has 0 amide bonds. The van der Waals surface area contributed by atoms with Gasteiger partial charge in [0.25, 0.3) is 0 Å². The van der Waals surface area contributed by atoms with Crippen molar-refractivity contribution in [1.29, 1.82) is 0 Å². The molecule has 2 rings (SSSR count). The summed E-state index contributed by atoms with van der Waals surface area (Å²) in [4.78, 5) is 1.99. The van der Waals surface area contributed by atoms with Gasteiger partial charge in [-0.25, -0.2) is 13.1 Å². The summed E-state index contributed by atoms with van der Waals surface area (Å²) in [5, 5.41) is 0. The topological polar surface area (TPSA) is 49.4 Å². The molecule has 114 valence electrons. The van der Waals surface area contributed by atoms with Crippen molar-refractivity contribution in [3.8, 4) is 0 Å². The van der Waals surface area contributed by atoms with Gasteiger partial charge in [-0.1, -0.05) is 12.1 Å². The summed E-state index contributed by atoms with van der Waals surface area (Å²) < 4.78 is 28.8. The third-order valence-electron chi connectivity index (χ3n) is 2.81.